The number of benzene rings is 1. The Morgan fingerprint density at radius 3 is 2.48 bits per heavy atom. The molecule has 0 radical (unpaired) electrons. The van der Waals surface area contributed by atoms with Gasteiger partial charge in [0.05, 0.1) is 17.1 Å². The van der Waals surface area contributed by atoms with Crippen LogP contribution in [0.1, 0.15) is 29.4 Å². The monoisotopic (exact) mass is 385 g/mol. The summed E-state index contributed by atoms with van der Waals surface area (Å²) in [4.78, 5) is 12.7. The number of thioether (sulfide) groups is 1. The summed E-state index contributed by atoms with van der Waals surface area (Å²) in [5.41, 5.74) is 4.88. The summed E-state index contributed by atoms with van der Waals surface area (Å²) in [6.45, 7) is 9.67. The van der Waals surface area contributed by atoms with E-state index in [0.717, 1.165) is 22.4 Å². The highest BCUT2D eigenvalue weighted by atomic mass is 32.2. The lowest BCUT2D eigenvalue weighted by Crippen LogP contribution is -2.24. The molecule has 1 atom stereocenters. The molecule has 2 aromatic heterocycles. The Morgan fingerprint density at radius 1 is 1.22 bits per heavy atom. The minimum Gasteiger partial charge on any atom is -0.469 e. The highest BCUT2D eigenvalue weighted by Crippen LogP contribution is 2.28. The second kappa shape index (κ2) is 7.48. The first-order chi connectivity index (χ1) is 12.8. The van der Waals surface area contributed by atoms with Crippen LogP contribution < -0.4 is 11.2 Å². The number of rotatable bonds is 5. The zero-order chi connectivity index (χ0) is 19.7. The summed E-state index contributed by atoms with van der Waals surface area (Å²) in [6.07, 6.45) is 1.58. The molecule has 0 aliphatic carbocycles. The third kappa shape index (κ3) is 3.85. The second-order valence-electron chi connectivity index (χ2n) is 6.59. The molecule has 0 saturated carbocycles. The molecule has 7 nitrogen and oxygen atoms in total. The van der Waals surface area contributed by atoms with Gasteiger partial charge < -0.3 is 15.6 Å². The third-order valence-corrected chi connectivity index (χ3v) is 5.40. The van der Waals surface area contributed by atoms with E-state index < -0.39 is 5.25 Å². The van der Waals surface area contributed by atoms with E-state index in [4.69, 9.17) is 10.3 Å². The maximum atomic E-state index is 12.7. The van der Waals surface area contributed by atoms with Crippen molar-refractivity contribution in [3.05, 3.63) is 46.9 Å². The number of nitrogens with zero attached hydrogens (tertiary/aromatic N) is 3. The van der Waals surface area contributed by atoms with Crippen molar-refractivity contribution < 1.29 is 9.21 Å². The van der Waals surface area contributed by atoms with Crippen LogP contribution in [0.4, 0.5) is 5.69 Å². The average Bonchev–Trinajstić information content (AvgIpc) is 3.16. The first kappa shape index (κ1) is 19.0. The number of amides is 1. The van der Waals surface area contributed by atoms with E-state index in [9.17, 15) is 4.79 Å². The van der Waals surface area contributed by atoms with Gasteiger partial charge in [0, 0.05) is 5.69 Å². The van der Waals surface area contributed by atoms with Crippen LogP contribution in [0.15, 0.2) is 34.0 Å². The molecule has 1 aromatic carbocycles. The Balaban J connectivity index is 1.74. The number of aromatic nitrogens is 3. The molecule has 0 aliphatic heterocycles. The van der Waals surface area contributed by atoms with Crippen molar-refractivity contribution in [1.82, 2.24) is 14.9 Å². The van der Waals surface area contributed by atoms with Crippen molar-refractivity contribution in [2.45, 2.75) is 45.0 Å². The largest absolute Gasteiger partial charge is 0.469 e. The van der Waals surface area contributed by atoms with Gasteiger partial charge in [-0.25, -0.2) is 4.68 Å². The van der Waals surface area contributed by atoms with Gasteiger partial charge in [-0.15, -0.1) is 10.2 Å². The van der Waals surface area contributed by atoms with Crippen LogP contribution in [0.3, 0.4) is 0 Å². The van der Waals surface area contributed by atoms with Gasteiger partial charge in [0.15, 0.2) is 5.82 Å². The molecule has 0 bridgehead atoms. The zero-order valence-electron chi connectivity index (χ0n) is 16.0. The number of nitrogen functional groups attached to an aromatic ring is 1. The average molecular weight is 385 g/mol. The number of furan rings is 1. The van der Waals surface area contributed by atoms with Gasteiger partial charge in [-0.05, 0) is 51.8 Å². The van der Waals surface area contributed by atoms with Gasteiger partial charge >= 0.3 is 0 Å². The number of aryl methyl sites for hydroxylation is 4. The SMILES string of the molecule is Cc1cc(C)c(NC(=O)C(C)Sc2nnc(-c3ccoc3C)n2N)c(C)c1. The molecule has 2 heterocycles. The molecular formula is C19H23N5O2S. The molecule has 0 saturated heterocycles. The first-order valence-electron chi connectivity index (χ1n) is 8.58. The van der Waals surface area contributed by atoms with E-state index in [0.29, 0.717) is 16.7 Å². The van der Waals surface area contributed by atoms with E-state index in [1.165, 1.54) is 22.0 Å². The number of nitrogens with two attached hydrogens (primary N) is 1. The fourth-order valence-corrected chi connectivity index (χ4v) is 3.74. The lowest BCUT2D eigenvalue weighted by molar-refractivity contribution is -0.115. The number of anilines is 1. The van der Waals surface area contributed by atoms with Crippen LogP contribution >= 0.6 is 11.8 Å². The molecule has 3 rings (SSSR count). The number of hydrogen-bond donors (Lipinski definition) is 2. The standard InChI is InChI=1S/C19H23N5O2S/c1-10-8-11(2)16(12(3)9-10)21-18(25)14(5)27-19-23-22-17(24(19)20)15-6-7-26-13(15)4/h6-9,14H,20H2,1-5H3,(H,21,25). The first-order valence-corrected chi connectivity index (χ1v) is 9.46. The summed E-state index contributed by atoms with van der Waals surface area (Å²) in [5, 5.41) is 11.3. The molecular weight excluding hydrogens is 362 g/mol. The van der Waals surface area contributed by atoms with Crippen LogP contribution in [0, 0.1) is 27.7 Å². The van der Waals surface area contributed by atoms with Gasteiger partial charge in [0.25, 0.3) is 0 Å². The van der Waals surface area contributed by atoms with Crippen molar-refractivity contribution in [1.29, 1.82) is 0 Å². The number of nitrogens with one attached hydrogen (secondary N) is 1. The Hall–Kier alpha value is -2.74. The Morgan fingerprint density at radius 2 is 1.89 bits per heavy atom. The third-order valence-electron chi connectivity index (χ3n) is 4.34. The molecule has 0 spiro atoms. The van der Waals surface area contributed by atoms with E-state index in [1.807, 2.05) is 34.6 Å². The summed E-state index contributed by atoms with van der Waals surface area (Å²) in [7, 11) is 0. The molecule has 0 aliphatic rings. The van der Waals surface area contributed by atoms with Gasteiger partial charge in [-0.3, -0.25) is 4.79 Å². The van der Waals surface area contributed by atoms with Gasteiger partial charge in [0.2, 0.25) is 11.1 Å². The van der Waals surface area contributed by atoms with Crippen molar-refractivity contribution in [3.8, 4) is 11.4 Å². The van der Waals surface area contributed by atoms with Gasteiger partial charge in [-0.1, -0.05) is 29.5 Å². The molecule has 3 N–H and O–H groups in total. The number of carbonyl (C=O) groups is 1. The fourth-order valence-electron chi connectivity index (χ4n) is 2.97. The summed E-state index contributed by atoms with van der Waals surface area (Å²) >= 11 is 1.26. The van der Waals surface area contributed by atoms with E-state index in [-0.39, 0.29) is 5.91 Å². The molecule has 8 heteroatoms. The molecule has 1 unspecified atom stereocenters. The molecule has 1 amide bonds. The van der Waals surface area contributed by atoms with Gasteiger partial charge in [-0.2, -0.15) is 0 Å². The highest BCUT2D eigenvalue weighted by Gasteiger charge is 2.22. The predicted octanol–water partition coefficient (Wildman–Crippen LogP) is 3.60. The highest BCUT2D eigenvalue weighted by molar-refractivity contribution is 8.00. The molecule has 142 valence electrons. The van der Waals surface area contributed by atoms with Crippen molar-refractivity contribution in [2.75, 3.05) is 11.2 Å². The molecule has 0 fully saturated rings. The van der Waals surface area contributed by atoms with E-state index >= 15 is 0 Å². The van der Waals surface area contributed by atoms with Crippen molar-refractivity contribution in [2.24, 2.45) is 0 Å². The minimum atomic E-state index is -0.394. The maximum absolute atomic E-state index is 12.7. The quantitative estimate of drug-likeness (QED) is 0.514. The predicted molar refractivity (Wildman–Crippen MR) is 107 cm³/mol. The summed E-state index contributed by atoms with van der Waals surface area (Å²) in [5.74, 6) is 7.23. The zero-order valence-corrected chi connectivity index (χ0v) is 16.8. The van der Waals surface area contributed by atoms with Crippen molar-refractivity contribution in [3.63, 3.8) is 0 Å². The Labute approximate surface area is 162 Å². The normalized spacial score (nSPS) is 12.2. The van der Waals surface area contributed by atoms with E-state index in [2.05, 4.69) is 27.6 Å². The topological polar surface area (TPSA) is 99.0 Å². The lowest BCUT2D eigenvalue weighted by Gasteiger charge is -2.16. The Bertz CT molecular complexity index is 969. The van der Waals surface area contributed by atoms with Crippen LogP contribution in [0.25, 0.3) is 11.4 Å². The van der Waals surface area contributed by atoms with E-state index in [1.54, 1.807) is 12.3 Å². The maximum Gasteiger partial charge on any atom is 0.237 e. The van der Waals surface area contributed by atoms with Crippen LogP contribution in [0.5, 0.6) is 0 Å². The van der Waals surface area contributed by atoms with Crippen LogP contribution in [-0.2, 0) is 4.79 Å². The van der Waals surface area contributed by atoms with Crippen molar-refractivity contribution >= 4 is 23.4 Å². The summed E-state index contributed by atoms with van der Waals surface area (Å²) < 4.78 is 6.68. The molecule has 27 heavy (non-hydrogen) atoms. The van der Waals surface area contributed by atoms with Crippen LogP contribution in [-0.4, -0.2) is 26.0 Å². The van der Waals surface area contributed by atoms with Gasteiger partial charge in [0.1, 0.15) is 5.76 Å². The molecule has 3 aromatic rings. The Kier molecular flexibility index (Phi) is 5.27. The minimum absolute atomic E-state index is 0.112. The fraction of sp³-hybridized carbons (Fsp3) is 0.316. The number of carbonyl (C=O) groups excluding carboxylic acids is 1. The lowest BCUT2D eigenvalue weighted by atomic mass is 10.1. The number of hydrogen-bond acceptors (Lipinski definition) is 6. The second-order valence-corrected chi connectivity index (χ2v) is 7.90. The van der Waals surface area contributed by atoms with Crippen LogP contribution in [0.2, 0.25) is 0 Å². The smallest absolute Gasteiger partial charge is 0.237 e. The summed E-state index contributed by atoms with van der Waals surface area (Å²) in [6, 6.07) is 5.89.